The quantitative estimate of drug-likeness (QED) is 0.719. The number of ether oxygens (including phenoxy) is 1. The molecule has 6 heteroatoms. The van der Waals surface area contributed by atoms with Crippen LogP contribution in [0.1, 0.15) is 10.4 Å². The molecule has 0 aliphatic rings. The number of hydrogen-bond donors (Lipinski definition) is 0. The second-order valence-corrected chi connectivity index (χ2v) is 5.42. The number of thiazole rings is 1. The zero-order chi connectivity index (χ0) is 12.4. The molecule has 0 amide bonds. The molecule has 0 spiro atoms. The minimum atomic E-state index is 0.333. The molecule has 1 aromatic heterocycles. The van der Waals surface area contributed by atoms with Gasteiger partial charge in [-0.2, -0.15) is 4.98 Å². The predicted molar refractivity (Wildman–Crippen MR) is 72.9 cm³/mol. The molecule has 2 rings (SSSR count). The van der Waals surface area contributed by atoms with E-state index in [0.29, 0.717) is 27.0 Å². The molecule has 1 heterocycles. The van der Waals surface area contributed by atoms with Gasteiger partial charge in [-0.15, -0.1) is 11.6 Å². The Balaban J connectivity index is 2.22. The fourth-order valence-electron chi connectivity index (χ4n) is 1.22. The van der Waals surface area contributed by atoms with E-state index in [1.807, 2.05) is 13.0 Å². The number of hydrogen-bond acceptors (Lipinski definition) is 3. The standard InChI is InChI=1S/C11H8Cl3NOS/c1-6-4-7(2-3-8(6)13)16-11-15-10(14)9(5-12)17-11/h2-4H,5H2,1H3. The Bertz CT molecular complexity index is 542. The van der Waals surface area contributed by atoms with E-state index in [1.54, 1.807) is 12.1 Å². The van der Waals surface area contributed by atoms with Crippen molar-refractivity contribution in [2.75, 3.05) is 0 Å². The van der Waals surface area contributed by atoms with Gasteiger partial charge in [0.2, 0.25) is 0 Å². The van der Waals surface area contributed by atoms with E-state index >= 15 is 0 Å². The Morgan fingerprint density at radius 1 is 1.35 bits per heavy atom. The van der Waals surface area contributed by atoms with Crippen LogP contribution < -0.4 is 4.74 Å². The zero-order valence-electron chi connectivity index (χ0n) is 8.84. The smallest absolute Gasteiger partial charge is 0.280 e. The molecule has 0 saturated carbocycles. The van der Waals surface area contributed by atoms with Crippen LogP contribution in [0, 0.1) is 6.92 Å². The number of alkyl halides is 1. The van der Waals surface area contributed by atoms with Crippen LogP contribution in [0.4, 0.5) is 0 Å². The van der Waals surface area contributed by atoms with Crippen LogP contribution >= 0.6 is 46.1 Å². The number of nitrogens with zero attached hydrogens (tertiary/aromatic N) is 1. The zero-order valence-corrected chi connectivity index (χ0v) is 11.9. The molecule has 1 aromatic carbocycles. The van der Waals surface area contributed by atoms with E-state index in [1.165, 1.54) is 11.3 Å². The maximum Gasteiger partial charge on any atom is 0.280 e. The second-order valence-electron chi connectivity index (χ2n) is 3.34. The summed E-state index contributed by atoms with van der Waals surface area (Å²) in [4.78, 5) is 4.87. The van der Waals surface area contributed by atoms with Crippen molar-refractivity contribution >= 4 is 46.1 Å². The van der Waals surface area contributed by atoms with Crippen LogP contribution in [0.15, 0.2) is 18.2 Å². The average molecular weight is 309 g/mol. The van der Waals surface area contributed by atoms with Crippen molar-refractivity contribution in [3.05, 3.63) is 38.8 Å². The van der Waals surface area contributed by atoms with Crippen LogP contribution in [-0.2, 0) is 5.88 Å². The van der Waals surface area contributed by atoms with Gasteiger partial charge < -0.3 is 4.74 Å². The number of aryl methyl sites for hydroxylation is 1. The summed E-state index contributed by atoms with van der Waals surface area (Å²) in [7, 11) is 0. The molecule has 0 aliphatic heterocycles. The largest absolute Gasteiger partial charge is 0.431 e. The van der Waals surface area contributed by atoms with Gasteiger partial charge in [-0.25, -0.2) is 0 Å². The average Bonchev–Trinajstić information content (AvgIpc) is 2.64. The lowest BCUT2D eigenvalue weighted by atomic mass is 10.2. The van der Waals surface area contributed by atoms with E-state index < -0.39 is 0 Å². The molecule has 2 aromatic rings. The van der Waals surface area contributed by atoms with Gasteiger partial charge in [-0.3, -0.25) is 0 Å². The SMILES string of the molecule is Cc1cc(Oc2nc(Cl)c(CCl)s2)ccc1Cl. The van der Waals surface area contributed by atoms with Gasteiger partial charge in [0.15, 0.2) is 0 Å². The first-order valence-corrected chi connectivity index (χ1v) is 6.86. The van der Waals surface area contributed by atoms with E-state index in [-0.39, 0.29) is 0 Å². The highest BCUT2D eigenvalue weighted by Gasteiger charge is 2.10. The molecule has 0 aliphatic carbocycles. The summed E-state index contributed by atoms with van der Waals surface area (Å²) in [5.41, 5.74) is 0.949. The number of benzene rings is 1. The van der Waals surface area contributed by atoms with Crippen LogP contribution in [0.5, 0.6) is 10.9 Å². The highest BCUT2D eigenvalue weighted by Crippen LogP contribution is 2.33. The first-order valence-electron chi connectivity index (χ1n) is 4.75. The number of aromatic nitrogens is 1. The number of rotatable bonds is 3. The van der Waals surface area contributed by atoms with Gasteiger partial charge in [-0.1, -0.05) is 34.5 Å². The maximum absolute atomic E-state index is 5.93. The summed E-state index contributed by atoms with van der Waals surface area (Å²) >= 11 is 18.9. The summed E-state index contributed by atoms with van der Waals surface area (Å²) in [5.74, 6) is 1.01. The van der Waals surface area contributed by atoms with E-state index in [9.17, 15) is 0 Å². The molecule has 0 fully saturated rings. The van der Waals surface area contributed by atoms with Crippen LogP contribution in [0.2, 0.25) is 10.2 Å². The molecule has 0 radical (unpaired) electrons. The molecule has 2 nitrogen and oxygen atoms in total. The summed E-state index contributed by atoms with van der Waals surface area (Å²) < 4.78 is 5.58. The van der Waals surface area contributed by atoms with Gasteiger partial charge in [0.25, 0.3) is 5.19 Å². The monoisotopic (exact) mass is 307 g/mol. The van der Waals surface area contributed by atoms with Gasteiger partial charge in [0.1, 0.15) is 10.9 Å². The first kappa shape index (κ1) is 13.0. The third kappa shape index (κ3) is 3.05. The molecule has 0 bridgehead atoms. The molecule has 0 saturated heterocycles. The van der Waals surface area contributed by atoms with Crippen molar-refractivity contribution in [3.63, 3.8) is 0 Å². The van der Waals surface area contributed by atoms with Crippen molar-refractivity contribution < 1.29 is 4.74 Å². The predicted octanol–water partition coefficient (Wildman–Crippen LogP) is 5.29. The summed E-state index contributed by atoms with van der Waals surface area (Å²) in [5, 5.41) is 1.58. The molecule has 90 valence electrons. The van der Waals surface area contributed by atoms with E-state index in [4.69, 9.17) is 39.5 Å². The Kier molecular flexibility index (Phi) is 4.15. The topological polar surface area (TPSA) is 22.1 Å². The lowest BCUT2D eigenvalue weighted by Gasteiger charge is -2.03. The number of halogens is 3. The fraction of sp³-hybridized carbons (Fsp3) is 0.182. The van der Waals surface area contributed by atoms with Crippen molar-refractivity contribution in [1.29, 1.82) is 0 Å². The van der Waals surface area contributed by atoms with Crippen LogP contribution in [0.25, 0.3) is 0 Å². The van der Waals surface area contributed by atoms with Crippen molar-refractivity contribution in [2.24, 2.45) is 0 Å². The Hall–Kier alpha value is -0.480. The van der Waals surface area contributed by atoms with Crippen molar-refractivity contribution in [2.45, 2.75) is 12.8 Å². The molecule has 0 N–H and O–H groups in total. The minimum Gasteiger partial charge on any atom is -0.431 e. The molecular formula is C11H8Cl3NOS. The van der Waals surface area contributed by atoms with E-state index in [2.05, 4.69) is 4.98 Å². The van der Waals surface area contributed by atoms with Crippen LogP contribution in [-0.4, -0.2) is 4.98 Å². The fourth-order valence-corrected chi connectivity index (χ4v) is 2.68. The Morgan fingerprint density at radius 3 is 2.71 bits per heavy atom. The molecular weight excluding hydrogens is 301 g/mol. The minimum absolute atomic E-state index is 0.333. The Morgan fingerprint density at radius 2 is 2.12 bits per heavy atom. The molecule has 17 heavy (non-hydrogen) atoms. The van der Waals surface area contributed by atoms with E-state index in [0.717, 1.165) is 10.4 Å². The highest BCUT2D eigenvalue weighted by molar-refractivity contribution is 7.14. The highest BCUT2D eigenvalue weighted by atomic mass is 35.5. The summed E-state index contributed by atoms with van der Waals surface area (Å²) in [6.45, 7) is 1.91. The lowest BCUT2D eigenvalue weighted by molar-refractivity contribution is 0.478. The first-order chi connectivity index (χ1) is 8.10. The van der Waals surface area contributed by atoms with Crippen molar-refractivity contribution in [1.82, 2.24) is 4.98 Å². The van der Waals surface area contributed by atoms with Gasteiger partial charge in [0.05, 0.1) is 10.8 Å². The van der Waals surface area contributed by atoms with Gasteiger partial charge >= 0.3 is 0 Å². The van der Waals surface area contributed by atoms with Gasteiger partial charge in [-0.05, 0) is 30.7 Å². The summed E-state index contributed by atoms with van der Waals surface area (Å²) in [6.07, 6.45) is 0. The lowest BCUT2D eigenvalue weighted by Crippen LogP contribution is -1.84. The Labute approximate surface area is 118 Å². The summed E-state index contributed by atoms with van der Waals surface area (Å²) in [6, 6.07) is 5.41. The molecule has 0 atom stereocenters. The second kappa shape index (κ2) is 5.44. The van der Waals surface area contributed by atoms with Gasteiger partial charge in [0, 0.05) is 5.02 Å². The molecule has 0 unspecified atom stereocenters. The third-order valence-corrected chi connectivity index (χ3v) is 4.29. The normalized spacial score (nSPS) is 10.6. The third-order valence-electron chi connectivity index (χ3n) is 2.09. The van der Waals surface area contributed by atoms with Crippen molar-refractivity contribution in [3.8, 4) is 10.9 Å². The van der Waals surface area contributed by atoms with Crippen LogP contribution in [0.3, 0.4) is 0 Å². The maximum atomic E-state index is 5.93.